The Balaban J connectivity index is 1.91. The van der Waals surface area contributed by atoms with Crippen LogP contribution in [0.4, 0.5) is 4.79 Å². The van der Waals surface area contributed by atoms with Gasteiger partial charge in [0.1, 0.15) is 11.3 Å². The number of carbonyl (C=O) groups is 3. The maximum Gasteiger partial charge on any atom is 0.325 e. The van der Waals surface area contributed by atoms with Crippen LogP contribution in [0.3, 0.4) is 0 Å². The van der Waals surface area contributed by atoms with E-state index in [4.69, 9.17) is 4.74 Å². The monoisotopic (exact) mass is 358 g/mol. The summed E-state index contributed by atoms with van der Waals surface area (Å²) in [5.41, 5.74) is 0.430. The number of Topliss-reactive ketones (excluding diaryl/α,β-unsaturated/α-hetero) is 1. The zero-order valence-electron chi connectivity index (χ0n) is 15.6. The predicted octanol–water partition coefficient (Wildman–Crippen LogP) is 3.29. The van der Waals surface area contributed by atoms with Crippen LogP contribution in [0.2, 0.25) is 0 Å². The number of nitrogens with zero attached hydrogens (tertiary/aromatic N) is 1. The van der Waals surface area contributed by atoms with Crippen molar-refractivity contribution < 1.29 is 19.1 Å². The lowest BCUT2D eigenvalue weighted by molar-refractivity contribution is -0.134. The summed E-state index contributed by atoms with van der Waals surface area (Å²) in [6.45, 7) is 5.97. The molecular weight excluding hydrogens is 332 g/mol. The fourth-order valence-electron chi connectivity index (χ4n) is 4.03. The molecule has 0 radical (unpaired) electrons. The number of carbonyl (C=O) groups excluding carboxylic acids is 3. The largest absolute Gasteiger partial charge is 0.494 e. The average molecular weight is 358 g/mol. The first-order chi connectivity index (χ1) is 12.4. The van der Waals surface area contributed by atoms with Gasteiger partial charge in [0.25, 0.3) is 5.91 Å². The molecule has 0 bridgehead atoms. The van der Waals surface area contributed by atoms with Gasteiger partial charge in [-0.1, -0.05) is 19.8 Å². The number of hydrogen-bond donors (Lipinski definition) is 1. The minimum absolute atomic E-state index is 0.0659. The van der Waals surface area contributed by atoms with Crippen LogP contribution < -0.4 is 10.1 Å². The Labute approximate surface area is 153 Å². The van der Waals surface area contributed by atoms with E-state index in [0.717, 1.165) is 19.3 Å². The molecule has 2 fully saturated rings. The normalized spacial score (nSPS) is 25.5. The van der Waals surface area contributed by atoms with Crippen molar-refractivity contribution >= 4 is 17.7 Å². The first-order valence-electron chi connectivity index (χ1n) is 9.30. The average Bonchev–Trinajstić information content (AvgIpc) is 2.84. The van der Waals surface area contributed by atoms with Crippen LogP contribution in [0, 0.1) is 5.92 Å². The van der Waals surface area contributed by atoms with Crippen LogP contribution in [-0.2, 0) is 11.3 Å². The SMILES string of the molecule is CCOc1ccc(C(C)=O)cc1CN1C(=O)N[C@]2(CCCC[C@H]2C)C1=O. The fraction of sp³-hybridized carbons (Fsp3) is 0.550. The summed E-state index contributed by atoms with van der Waals surface area (Å²) in [4.78, 5) is 38.7. The standard InChI is InChI=1S/C20H26N2O4/c1-4-26-17-9-8-15(14(3)23)11-16(17)12-22-18(24)20(21-19(22)25)10-6-5-7-13(20)2/h8-9,11,13H,4-7,10,12H2,1-3H3,(H,21,25)/t13-,20+/m1/s1. The zero-order chi connectivity index (χ0) is 18.9. The van der Waals surface area contributed by atoms with Gasteiger partial charge in [-0.05, 0) is 50.8 Å². The molecule has 1 spiro atoms. The Kier molecular flexibility index (Phi) is 5.03. The Morgan fingerprint density at radius 3 is 2.77 bits per heavy atom. The number of benzene rings is 1. The third kappa shape index (κ3) is 3.08. The van der Waals surface area contributed by atoms with Gasteiger partial charge in [-0.25, -0.2) is 4.79 Å². The van der Waals surface area contributed by atoms with E-state index >= 15 is 0 Å². The van der Waals surface area contributed by atoms with E-state index in [1.165, 1.54) is 11.8 Å². The van der Waals surface area contributed by atoms with Crippen LogP contribution >= 0.6 is 0 Å². The van der Waals surface area contributed by atoms with Crippen molar-refractivity contribution in [3.8, 4) is 5.75 Å². The molecule has 0 aromatic heterocycles. The van der Waals surface area contributed by atoms with Crippen molar-refractivity contribution in [3.63, 3.8) is 0 Å². The summed E-state index contributed by atoms with van der Waals surface area (Å²) in [5.74, 6) is 0.484. The highest BCUT2D eigenvalue weighted by atomic mass is 16.5. The minimum Gasteiger partial charge on any atom is -0.494 e. The lowest BCUT2D eigenvalue weighted by atomic mass is 9.73. The van der Waals surface area contributed by atoms with Crippen molar-refractivity contribution in [3.05, 3.63) is 29.3 Å². The third-order valence-corrected chi connectivity index (χ3v) is 5.60. The summed E-state index contributed by atoms with van der Waals surface area (Å²) >= 11 is 0. The summed E-state index contributed by atoms with van der Waals surface area (Å²) in [6, 6.07) is 4.78. The molecule has 1 heterocycles. The highest BCUT2D eigenvalue weighted by Gasteiger charge is 2.54. The van der Waals surface area contributed by atoms with Gasteiger partial charge in [-0.3, -0.25) is 14.5 Å². The van der Waals surface area contributed by atoms with E-state index in [-0.39, 0.29) is 30.2 Å². The molecule has 1 aromatic carbocycles. The molecule has 1 aliphatic heterocycles. The molecule has 2 atom stereocenters. The number of hydrogen-bond acceptors (Lipinski definition) is 4. The summed E-state index contributed by atoms with van der Waals surface area (Å²) in [5, 5.41) is 2.96. The second kappa shape index (κ2) is 7.09. The number of ketones is 1. The van der Waals surface area contributed by atoms with Crippen LogP contribution in [0.15, 0.2) is 18.2 Å². The van der Waals surface area contributed by atoms with Gasteiger partial charge in [0.15, 0.2) is 5.78 Å². The topological polar surface area (TPSA) is 75.7 Å². The highest BCUT2D eigenvalue weighted by Crippen LogP contribution is 2.39. The van der Waals surface area contributed by atoms with E-state index in [1.54, 1.807) is 18.2 Å². The molecule has 1 N–H and O–H groups in total. The number of ether oxygens (including phenoxy) is 1. The molecule has 6 nitrogen and oxygen atoms in total. The first-order valence-corrected chi connectivity index (χ1v) is 9.30. The Morgan fingerprint density at radius 1 is 1.35 bits per heavy atom. The van der Waals surface area contributed by atoms with Gasteiger partial charge in [0.2, 0.25) is 0 Å². The number of urea groups is 1. The minimum atomic E-state index is -0.778. The number of amides is 3. The molecule has 0 unspecified atom stereocenters. The lowest BCUT2D eigenvalue weighted by Crippen LogP contribution is -2.53. The Bertz CT molecular complexity index is 745. The quantitative estimate of drug-likeness (QED) is 0.647. The molecule has 3 rings (SSSR count). The number of rotatable bonds is 5. The fourth-order valence-corrected chi connectivity index (χ4v) is 4.03. The smallest absolute Gasteiger partial charge is 0.325 e. The molecule has 1 aromatic rings. The maximum absolute atomic E-state index is 13.1. The predicted molar refractivity (Wildman–Crippen MR) is 97.1 cm³/mol. The summed E-state index contributed by atoms with van der Waals surface area (Å²) in [7, 11) is 0. The lowest BCUT2D eigenvalue weighted by Gasteiger charge is -2.36. The van der Waals surface area contributed by atoms with Crippen molar-refractivity contribution in [1.82, 2.24) is 10.2 Å². The molecular formula is C20H26N2O4. The van der Waals surface area contributed by atoms with Crippen molar-refractivity contribution in [2.24, 2.45) is 5.92 Å². The molecule has 140 valence electrons. The number of nitrogens with one attached hydrogen (secondary N) is 1. The second-order valence-electron chi connectivity index (χ2n) is 7.25. The Morgan fingerprint density at radius 2 is 2.12 bits per heavy atom. The van der Waals surface area contributed by atoms with Gasteiger partial charge in [0, 0.05) is 11.1 Å². The van der Waals surface area contributed by atoms with Crippen molar-refractivity contribution in [1.29, 1.82) is 0 Å². The molecule has 1 aliphatic carbocycles. The van der Waals surface area contributed by atoms with Crippen molar-refractivity contribution in [2.45, 2.75) is 58.5 Å². The van der Waals surface area contributed by atoms with Crippen LogP contribution in [-0.4, -0.2) is 34.8 Å². The van der Waals surface area contributed by atoms with Gasteiger partial charge in [-0.15, -0.1) is 0 Å². The van der Waals surface area contributed by atoms with Crippen molar-refractivity contribution in [2.75, 3.05) is 6.61 Å². The van der Waals surface area contributed by atoms with Gasteiger partial charge in [0.05, 0.1) is 13.2 Å². The molecule has 1 saturated heterocycles. The second-order valence-corrected chi connectivity index (χ2v) is 7.25. The van der Waals surface area contributed by atoms with E-state index in [2.05, 4.69) is 5.32 Å². The summed E-state index contributed by atoms with van der Waals surface area (Å²) < 4.78 is 5.63. The Hall–Kier alpha value is -2.37. The third-order valence-electron chi connectivity index (χ3n) is 5.60. The maximum atomic E-state index is 13.1. The van der Waals surface area contributed by atoms with Gasteiger partial charge in [-0.2, -0.15) is 0 Å². The zero-order valence-corrected chi connectivity index (χ0v) is 15.6. The van der Waals surface area contributed by atoms with E-state index < -0.39 is 5.54 Å². The molecule has 2 aliphatic rings. The molecule has 3 amide bonds. The molecule has 6 heteroatoms. The number of imide groups is 1. The van der Waals surface area contributed by atoms with E-state index in [1.807, 2.05) is 13.8 Å². The van der Waals surface area contributed by atoms with E-state index in [0.29, 0.717) is 29.9 Å². The van der Waals surface area contributed by atoms with Crippen LogP contribution in [0.5, 0.6) is 5.75 Å². The van der Waals surface area contributed by atoms with Crippen LogP contribution in [0.25, 0.3) is 0 Å². The van der Waals surface area contributed by atoms with Gasteiger partial charge >= 0.3 is 6.03 Å². The highest BCUT2D eigenvalue weighted by molar-refractivity contribution is 6.07. The van der Waals surface area contributed by atoms with Crippen LogP contribution in [0.1, 0.15) is 62.4 Å². The van der Waals surface area contributed by atoms with Gasteiger partial charge < -0.3 is 10.1 Å². The van der Waals surface area contributed by atoms with E-state index in [9.17, 15) is 14.4 Å². The first kappa shape index (κ1) is 18.4. The molecule has 26 heavy (non-hydrogen) atoms. The molecule has 1 saturated carbocycles. The summed E-state index contributed by atoms with van der Waals surface area (Å²) in [6.07, 6.45) is 3.64.